The Morgan fingerprint density at radius 2 is 1.77 bits per heavy atom. The monoisotopic (exact) mass is 303 g/mol. The molecule has 0 aliphatic carbocycles. The zero-order valence-electron chi connectivity index (χ0n) is 12.8. The highest BCUT2D eigenvalue weighted by Crippen LogP contribution is 2.30. The molecule has 1 amide bonds. The minimum Gasteiger partial charge on any atom is -0.493 e. The lowest BCUT2D eigenvalue weighted by Crippen LogP contribution is -2.24. The number of ether oxygens (including phenoxy) is 2. The van der Waals surface area contributed by atoms with E-state index in [0.29, 0.717) is 22.6 Å². The average molecular weight is 303 g/mol. The summed E-state index contributed by atoms with van der Waals surface area (Å²) in [6.45, 7) is 1.93. The smallest absolute Gasteiger partial charge is 0.251 e. The fraction of sp³-hybridized carbons (Fsp3) is 0.235. The topological polar surface area (TPSA) is 47.6 Å². The number of carbonyl (C=O) groups is 1. The third kappa shape index (κ3) is 3.36. The van der Waals surface area contributed by atoms with E-state index < -0.39 is 0 Å². The van der Waals surface area contributed by atoms with Gasteiger partial charge in [0.25, 0.3) is 5.91 Å². The summed E-state index contributed by atoms with van der Waals surface area (Å²) < 4.78 is 23.9. The SMILES string of the molecule is COc1cc(C)c(C(=O)NCc2ccccc2F)cc1OC. The average Bonchev–Trinajstić information content (AvgIpc) is 2.53. The molecule has 0 fully saturated rings. The lowest BCUT2D eigenvalue weighted by Gasteiger charge is -2.13. The van der Waals surface area contributed by atoms with Gasteiger partial charge in [0, 0.05) is 17.7 Å². The highest BCUT2D eigenvalue weighted by atomic mass is 19.1. The summed E-state index contributed by atoms with van der Waals surface area (Å²) in [7, 11) is 3.05. The van der Waals surface area contributed by atoms with Gasteiger partial charge in [-0.2, -0.15) is 0 Å². The Bertz CT molecular complexity index is 686. The second kappa shape index (κ2) is 6.93. The van der Waals surface area contributed by atoms with Crippen LogP contribution in [0.5, 0.6) is 11.5 Å². The van der Waals surface area contributed by atoms with Crippen LogP contribution in [0.4, 0.5) is 4.39 Å². The summed E-state index contributed by atoms with van der Waals surface area (Å²) in [5.41, 5.74) is 1.66. The van der Waals surface area contributed by atoms with E-state index in [2.05, 4.69) is 5.32 Å². The number of nitrogens with one attached hydrogen (secondary N) is 1. The largest absolute Gasteiger partial charge is 0.493 e. The number of halogens is 1. The molecular formula is C17H18FNO3. The maximum absolute atomic E-state index is 13.6. The summed E-state index contributed by atoms with van der Waals surface area (Å²) >= 11 is 0. The van der Waals surface area contributed by atoms with Gasteiger partial charge in [-0.3, -0.25) is 4.79 Å². The Morgan fingerprint density at radius 3 is 2.41 bits per heavy atom. The van der Waals surface area contributed by atoms with Crippen LogP contribution in [0, 0.1) is 12.7 Å². The van der Waals surface area contributed by atoms with Crippen molar-refractivity contribution >= 4 is 5.91 Å². The van der Waals surface area contributed by atoms with Crippen LogP contribution in [0.2, 0.25) is 0 Å². The minimum atomic E-state index is -0.341. The number of hydrogen-bond donors (Lipinski definition) is 1. The van der Waals surface area contributed by atoms with Crippen molar-refractivity contribution in [3.8, 4) is 11.5 Å². The van der Waals surface area contributed by atoms with Gasteiger partial charge in [-0.1, -0.05) is 18.2 Å². The Balaban J connectivity index is 2.18. The van der Waals surface area contributed by atoms with Crippen LogP contribution in [-0.4, -0.2) is 20.1 Å². The predicted molar refractivity (Wildman–Crippen MR) is 81.9 cm³/mol. The van der Waals surface area contributed by atoms with Gasteiger partial charge in [-0.05, 0) is 30.7 Å². The number of rotatable bonds is 5. The third-order valence-electron chi connectivity index (χ3n) is 3.37. The van der Waals surface area contributed by atoms with Crippen molar-refractivity contribution in [2.24, 2.45) is 0 Å². The van der Waals surface area contributed by atoms with E-state index >= 15 is 0 Å². The van der Waals surface area contributed by atoms with Crippen LogP contribution in [-0.2, 0) is 6.54 Å². The molecule has 5 heteroatoms. The van der Waals surface area contributed by atoms with Gasteiger partial charge in [0.1, 0.15) is 5.82 Å². The third-order valence-corrected chi connectivity index (χ3v) is 3.37. The molecule has 1 N–H and O–H groups in total. The summed E-state index contributed by atoms with van der Waals surface area (Å²) in [5, 5.41) is 2.71. The lowest BCUT2D eigenvalue weighted by molar-refractivity contribution is 0.0949. The van der Waals surface area contributed by atoms with E-state index in [0.717, 1.165) is 5.56 Å². The number of amides is 1. The molecule has 0 heterocycles. The molecule has 4 nitrogen and oxygen atoms in total. The maximum Gasteiger partial charge on any atom is 0.251 e. The van der Waals surface area contributed by atoms with E-state index in [1.807, 2.05) is 0 Å². The fourth-order valence-electron chi connectivity index (χ4n) is 2.14. The van der Waals surface area contributed by atoms with E-state index in [4.69, 9.17) is 9.47 Å². The first-order chi connectivity index (χ1) is 10.6. The first-order valence-electron chi connectivity index (χ1n) is 6.81. The molecule has 0 unspecified atom stereocenters. The Hall–Kier alpha value is -2.56. The Morgan fingerprint density at radius 1 is 1.14 bits per heavy atom. The standard InChI is InChI=1S/C17H18FNO3/c1-11-8-15(21-2)16(22-3)9-13(11)17(20)19-10-12-6-4-5-7-14(12)18/h4-9H,10H2,1-3H3,(H,19,20). The molecule has 22 heavy (non-hydrogen) atoms. The molecule has 2 aromatic carbocycles. The van der Waals surface area contributed by atoms with Gasteiger partial charge in [-0.15, -0.1) is 0 Å². The van der Waals surface area contributed by atoms with Gasteiger partial charge in [0.15, 0.2) is 11.5 Å². The van der Waals surface area contributed by atoms with Crippen molar-refractivity contribution in [1.82, 2.24) is 5.32 Å². The zero-order valence-corrected chi connectivity index (χ0v) is 12.8. The highest BCUT2D eigenvalue weighted by molar-refractivity contribution is 5.96. The number of methoxy groups -OCH3 is 2. The molecule has 2 rings (SSSR count). The second-order valence-corrected chi connectivity index (χ2v) is 4.80. The van der Waals surface area contributed by atoms with E-state index in [-0.39, 0.29) is 18.3 Å². The van der Waals surface area contributed by atoms with Crippen molar-refractivity contribution in [3.63, 3.8) is 0 Å². The molecule has 0 saturated heterocycles. The molecule has 0 radical (unpaired) electrons. The van der Waals surface area contributed by atoms with Crippen LogP contribution in [0.15, 0.2) is 36.4 Å². The summed E-state index contributed by atoms with van der Waals surface area (Å²) in [6.07, 6.45) is 0. The van der Waals surface area contributed by atoms with Gasteiger partial charge in [0.2, 0.25) is 0 Å². The normalized spacial score (nSPS) is 10.2. The van der Waals surface area contributed by atoms with Crippen molar-refractivity contribution in [3.05, 3.63) is 58.9 Å². The molecule has 116 valence electrons. The Labute approximate surface area is 128 Å². The predicted octanol–water partition coefficient (Wildman–Crippen LogP) is 3.08. The number of benzene rings is 2. The van der Waals surface area contributed by atoms with Crippen LogP contribution < -0.4 is 14.8 Å². The maximum atomic E-state index is 13.6. The van der Waals surface area contributed by atoms with Crippen LogP contribution in [0.1, 0.15) is 21.5 Å². The highest BCUT2D eigenvalue weighted by Gasteiger charge is 2.14. The molecule has 0 aliphatic heterocycles. The fourth-order valence-corrected chi connectivity index (χ4v) is 2.14. The molecule has 0 aromatic heterocycles. The van der Waals surface area contributed by atoms with Crippen LogP contribution in [0.25, 0.3) is 0 Å². The quantitative estimate of drug-likeness (QED) is 0.923. The second-order valence-electron chi connectivity index (χ2n) is 4.80. The van der Waals surface area contributed by atoms with Gasteiger partial charge in [0.05, 0.1) is 14.2 Å². The lowest BCUT2D eigenvalue weighted by atomic mass is 10.1. The number of hydrogen-bond acceptors (Lipinski definition) is 3. The Kier molecular flexibility index (Phi) is 4.99. The molecule has 0 saturated carbocycles. The zero-order chi connectivity index (χ0) is 16.1. The molecule has 0 aliphatic rings. The van der Waals surface area contributed by atoms with Crippen molar-refractivity contribution in [2.75, 3.05) is 14.2 Å². The molecule has 0 bridgehead atoms. The molecule has 2 aromatic rings. The summed E-state index contributed by atoms with van der Waals surface area (Å²) in [6, 6.07) is 9.69. The van der Waals surface area contributed by atoms with Crippen LogP contribution in [0.3, 0.4) is 0 Å². The van der Waals surface area contributed by atoms with Crippen molar-refractivity contribution in [2.45, 2.75) is 13.5 Å². The van der Waals surface area contributed by atoms with Gasteiger partial charge in [-0.25, -0.2) is 4.39 Å². The van der Waals surface area contributed by atoms with Crippen LogP contribution >= 0.6 is 0 Å². The minimum absolute atomic E-state index is 0.124. The van der Waals surface area contributed by atoms with Gasteiger partial charge < -0.3 is 14.8 Å². The van der Waals surface area contributed by atoms with E-state index in [1.54, 1.807) is 37.3 Å². The van der Waals surface area contributed by atoms with Crippen molar-refractivity contribution < 1.29 is 18.7 Å². The van der Waals surface area contributed by atoms with E-state index in [9.17, 15) is 9.18 Å². The molecular weight excluding hydrogens is 285 g/mol. The number of aryl methyl sites for hydroxylation is 1. The molecule has 0 atom stereocenters. The van der Waals surface area contributed by atoms with E-state index in [1.165, 1.54) is 20.3 Å². The first kappa shape index (κ1) is 15.8. The number of carbonyl (C=O) groups excluding carboxylic acids is 1. The first-order valence-corrected chi connectivity index (χ1v) is 6.81. The molecule has 0 spiro atoms. The summed E-state index contributed by atoms with van der Waals surface area (Å²) in [5.74, 6) is 0.406. The van der Waals surface area contributed by atoms with Gasteiger partial charge >= 0.3 is 0 Å². The van der Waals surface area contributed by atoms with Crippen molar-refractivity contribution in [1.29, 1.82) is 0 Å². The summed E-state index contributed by atoms with van der Waals surface area (Å²) in [4.78, 5) is 12.3.